The van der Waals surface area contributed by atoms with E-state index in [0.717, 1.165) is 24.8 Å². The first kappa shape index (κ1) is 17.9. The largest absolute Gasteiger partial charge is 0.339 e. The zero-order valence-electron chi connectivity index (χ0n) is 15.1. The standard InChI is InChI=1S/C20H27FN2O2/c1-3-14(4-2)19(24)22-9-11-23(12-10-22)20(25)18-13-17(18)15-5-7-16(21)8-6-15/h5-8,14,17-18H,3-4,9-13H2,1-2H3. The van der Waals surface area contributed by atoms with Gasteiger partial charge in [0.2, 0.25) is 11.8 Å². The molecule has 1 aromatic rings. The van der Waals surface area contributed by atoms with Crippen LogP contribution in [-0.4, -0.2) is 47.8 Å². The Bertz CT molecular complexity index is 619. The predicted molar refractivity (Wildman–Crippen MR) is 94.5 cm³/mol. The molecule has 0 bridgehead atoms. The van der Waals surface area contributed by atoms with Gasteiger partial charge >= 0.3 is 0 Å². The van der Waals surface area contributed by atoms with Gasteiger partial charge in [-0.2, -0.15) is 0 Å². The van der Waals surface area contributed by atoms with Gasteiger partial charge in [0.25, 0.3) is 0 Å². The molecule has 0 radical (unpaired) electrons. The zero-order valence-corrected chi connectivity index (χ0v) is 15.1. The monoisotopic (exact) mass is 346 g/mol. The van der Waals surface area contributed by atoms with Crippen LogP contribution in [-0.2, 0) is 9.59 Å². The summed E-state index contributed by atoms with van der Waals surface area (Å²) >= 11 is 0. The highest BCUT2D eigenvalue weighted by molar-refractivity contribution is 5.84. The Hall–Kier alpha value is -1.91. The molecule has 2 atom stereocenters. The second-order valence-electron chi connectivity index (χ2n) is 7.16. The topological polar surface area (TPSA) is 40.6 Å². The molecule has 25 heavy (non-hydrogen) atoms. The Morgan fingerprint density at radius 3 is 2.16 bits per heavy atom. The van der Waals surface area contributed by atoms with Crippen molar-refractivity contribution in [1.82, 2.24) is 9.80 Å². The molecule has 1 saturated carbocycles. The molecule has 0 spiro atoms. The number of hydrogen-bond acceptors (Lipinski definition) is 2. The smallest absolute Gasteiger partial charge is 0.226 e. The molecule has 2 unspecified atom stereocenters. The maximum absolute atomic E-state index is 13.0. The molecule has 136 valence electrons. The summed E-state index contributed by atoms with van der Waals surface area (Å²) in [5.74, 6) is 0.514. The average molecular weight is 346 g/mol. The van der Waals surface area contributed by atoms with E-state index in [1.807, 2.05) is 9.80 Å². The minimum Gasteiger partial charge on any atom is -0.339 e. The van der Waals surface area contributed by atoms with E-state index in [-0.39, 0.29) is 35.4 Å². The van der Waals surface area contributed by atoms with Gasteiger partial charge in [0, 0.05) is 38.0 Å². The Labute approximate surface area is 149 Å². The molecule has 1 aliphatic carbocycles. The van der Waals surface area contributed by atoms with Gasteiger partial charge < -0.3 is 9.80 Å². The molecule has 2 amide bonds. The van der Waals surface area contributed by atoms with Gasteiger partial charge in [-0.15, -0.1) is 0 Å². The lowest BCUT2D eigenvalue weighted by atomic mass is 10.0. The maximum Gasteiger partial charge on any atom is 0.226 e. The molecule has 1 aliphatic heterocycles. The molecule has 2 aliphatic rings. The van der Waals surface area contributed by atoms with Crippen molar-refractivity contribution in [2.75, 3.05) is 26.2 Å². The molecule has 3 rings (SSSR count). The minimum atomic E-state index is -0.245. The molecule has 1 aromatic carbocycles. The lowest BCUT2D eigenvalue weighted by molar-refractivity contribution is -0.142. The third kappa shape index (κ3) is 3.86. The van der Waals surface area contributed by atoms with E-state index in [2.05, 4.69) is 13.8 Å². The predicted octanol–water partition coefficient (Wildman–Crippen LogP) is 3.04. The highest BCUT2D eigenvalue weighted by atomic mass is 19.1. The lowest BCUT2D eigenvalue weighted by Gasteiger charge is -2.36. The first-order chi connectivity index (χ1) is 12.0. The Morgan fingerprint density at radius 1 is 1.04 bits per heavy atom. The van der Waals surface area contributed by atoms with Crippen LogP contribution < -0.4 is 0 Å². The van der Waals surface area contributed by atoms with Crippen molar-refractivity contribution < 1.29 is 14.0 Å². The average Bonchev–Trinajstić information content (AvgIpc) is 3.43. The number of piperazine rings is 1. The number of rotatable bonds is 5. The quantitative estimate of drug-likeness (QED) is 0.822. The van der Waals surface area contributed by atoms with Crippen LogP contribution >= 0.6 is 0 Å². The van der Waals surface area contributed by atoms with E-state index in [1.54, 1.807) is 12.1 Å². The maximum atomic E-state index is 13.0. The fourth-order valence-electron chi connectivity index (χ4n) is 3.82. The summed E-state index contributed by atoms with van der Waals surface area (Å²) in [5, 5.41) is 0. The van der Waals surface area contributed by atoms with Crippen LogP contribution in [0.1, 0.15) is 44.6 Å². The zero-order chi connectivity index (χ0) is 18.0. The second kappa shape index (κ2) is 7.54. The van der Waals surface area contributed by atoms with Crippen molar-refractivity contribution in [2.24, 2.45) is 11.8 Å². The number of nitrogens with zero attached hydrogens (tertiary/aromatic N) is 2. The van der Waals surface area contributed by atoms with Gasteiger partial charge in [-0.3, -0.25) is 9.59 Å². The number of benzene rings is 1. The summed E-state index contributed by atoms with van der Waals surface area (Å²) in [6, 6.07) is 6.47. The van der Waals surface area contributed by atoms with Crippen molar-refractivity contribution in [3.8, 4) is 0 Å². The summed E-state index contributed by atoms with van der Waals surface area (Å²) in [6.45, 7) is 6.61. The molecule has 1 heterocycles. The van der Waals surface area contributed by atoms with Crippen molar-refractivity contribution in [3.05, 3.63) is 35.6 Å². The number of amides is 2. The van der Waals surface area contributed by atoms with Crippen LogP contribution in [0.25, 0.3) is 0 Å². The van der Waals surface area contributed by atoms with E-state index < -0.39 is 0 Å². The van der Waals surface area contributed by atoms with Crippen LogP contribution in [0.2, 0.25) is 0 Å². The summed E-state index contributed by atoms with van der Waals surface area (Å²) < 4.78 is 13.0. The van der Waals surface area contributed by atoms with E-state index in [4.69, 9.17) is 0 Å². The highest BCUT2D eigenvalue weighted by Crippen LogP contribution is 2.48. The van der Waals surface area contributed by atoms with Gasteiger partial charge in [-0.05, 0) is 42.9 Å². The first-order valence-electron chi connectivity index (χ1n) is 9.38. The fraction of sp³-hybridized carbons (Fsp3) is 0.600. The third-order valence-electron chi connectivity index (χ3n) is 5.64. The highest BCUT2D eigenvalue weighted by Gasteiger charge is 2.46. The van der Waals surface area contributed by atoms with Crippen molar-refractivity contribution >= 4 is 11.8 Å². The molecular weight excluding hydrogens is 319 g/mol. The van der Waals surface area contributed by atoms with Gasteiger partial charge in [0.1, 0.15) is 5.82 Å². The third-order valence-corrected chi connectivity index (χ3v) is 5.64. The SMILES string of the molecule is CCC(CC)C(=O)N1CCN(C(=O)C2CC2c2ccc(F)cc2)CC1. The van der Waals surface area contributed by atoms with Gasteiger partial charge in [0.15, 0.2) is 0 Å². The Kier molecular flexibility index (Phi) is 5.40. The molecule has 0 N–H and O–H groups in total. The molecule has 4 nitrogen and oxygen atoms in total. The van der Waals surface area contributed by atoms with Gasteiger partial charge in [-0.1, -0.05) is 26.0 Å². The Morgan fingerprint density at radius 2 is 1.60 bits per heavy atom. The molecule has 0 aromatic heterocycles. The van der Waals surface area contributed by atoms with Crippen LogP contribution in [0, 0.1) is 17.7 Å². The Balaban J connectivity index is 1.51. The van der Waals surface area contributed by atoms with Crippen LogP contribution in [0.5, 0.6) is 0 Å². The van der Waals surface area contributed by atoms with E-state index in [1.165, 1.54) is 12.1 Å². The van der Waals surface area contributed by atoms with Gasteiger partial charge in [0.05, 0.1) is 0 Å². The molecular formula is C20H27FN2O2. The van der Waals surface area contributed by atoms with Crippen molar-refractivity contribution in [3.63, 3.8) is 0 Å². The fourth-order valence-corrected chi connectivity index (χ4v) is 3.82. The lowest BCUT2D eigenvalue weighted by Crippen LogP contribution is -2.52. The number of carbonyl (C=O) groups excluding carboxylic acids is 2. The van der Waals surface area contributed by atoms with Crippen LogP contribution in [0.15, 0.2) is 24.3 Å². The van der Waals surface area contributed by atoms with E-state index in [0.29, 0.717) is 26.2 Å². The van der Waals surface area contributed by atoms with Crippen molar-refractivity contribution in [2.45, 2.75) is 39.0 Å². The van der Waals surface area contributed by atoms with E-state index >= 15 is 0 Å². The second-order valence-corrected chi connectivity index (χ2v) is 7.16. The normalized spacial score (nSPS) is 23.0. The van der Waals surface area contributed by atoms with Crippen LogP contribution in [0.3, 0.4) is 0 Å². The number of hydrogen-bond donors (Lipinski definition) is 0. The van der Waals surface area contributed by atoms with Crippen LogP contribution in [0.4, 0.5) is 4.39 Å². The summed E-state index contributed by atoms with van der Waals surface area (Å²) in [6.07, 6.45) is 2.59. The molecule has 2 fully saturated rings. The summed E-state index contributed by atoms with van der Waals surface area (Å²) in [5.41, 5.74) is 1.04. The van der Waals surface area contributed by atoms with Crippen molar-refractivity contribution in [1.29, 1.82) is 0 Å². The number of halogens is 1. The minimum absolute atomic E-state index is 0.0201. The first-order valence-corrected chi connectivity index (χ1v) is 9.38. The molecule has 5 heteroatoms. The van der Waals surface area contributed by atoms with Gasteiger partial charge in [-0.25, -0.2) is 4.39 Å². The molecule has 1 saturated heterocycles. The summed E-state index contributed by atoms with van der Waals surface area (Å²) in [4.78, 5) is 28.9. The summed E-state index contributed by atoms with van der Waals surface area (Å²) in [7, 11) is 0. The number of carbonyl (C=O) groups is 2. The van der Waals surface area contributed by atoms with E-state index in [9.17, 15) is 14.0 Å².